The van der Waals surface area contributed by atoms with Gasteiger partial charge in [0, 0.05) is 11.8 Å². The summed E-state index contributed by atoms with van der Waals surface area (Å²) in [6.45, 7) is 0. The smallest absolute Gasteiger partial charge is 0.303 e. The third-order valence-electron chi connectivity index (χ3n) is 4.98. The van der Waals surface area contributed by atoms with Crippen molar-refractivity contribution in [1.29, 1.82) is 0 Å². The molecule has 0 aromatic heterocycles. The number of benzene rings is 3. The molecule has 3 aromatic rings. The van der Waals surface area contributed by atoms with Gasteiger partial charge in [0.2, 0.25) is 0 Å². The summed E-state index contributed by atoms with van der Waals surface area (Å²) in [6, 6.07) is 16.2. The molecular formula is C21H19NO4S. The fraction of sp³-hybridized carbons (Fsp3) is 0.190. The van der Waals surface area contributed by atoms with E-state index in [1.165, 1.54) is 23.3 Å². The van der Waals surface area contributed by atoms with Gasteiger partial charge in [-0.25, -0.2) is 8.42 Å². The van der Waals surface area contributed by atoms with Crippen LogP contribution in [0.5, 0.6) is 0 Å². The Morgan fingerprint density at radius 1 is 0.963 bits per heavy atom. The van der Waals surface area contributed by atoms with Crippen molar-refractivity contribution in [3.63, 3.8) is 0 Å². The summed E-state index contributed by atoms with van der Waals surface area (Å²) in [5.41, 5.74) is 3.88. The molecule has 27 heavy (non-hydrogen) atoms. The summed E-state index contributed by atoms with van der Waals surface area (Å²) in [5, 5.41) is 10.8. The van der Waals surface area contributed by atoms with Gasteiger partial charge in [-0.1, -0.05) is 36.4 Å². The monoisotopic (exact) mass is 381 g/mol. The van der Waals surface area contributed by atoms with Gasteiger partial charge in [0.15, 0.2) is 0 Å². The van der Waals surface area contributed by atoms with E-state index in [-0.39, 0.29) is 11.3 Å². The molecule has 0 saturated carbocycles. The molecule has 1 aliphatic rings. The van der Waals surface area contributed by atoms with Gasteiger partial charge in [-0.3, -0.25) is 9.52 Å². The molecule has 6 heteroatoms. The lowest BCUT2D eigenvalue weighted by atomic mass is 10.0. The number of aliphatic carboxylic acids is 1. The van der Waals surface area contributed by atoms with E-state index in [4.69, 9.17) is 5.11 Å². The number of nitrogens with one attached hydrogen (secondary N) is 1. The Kier molecular flexibility index (Phi) is 4.36. The Morgan fingerprint density at radius 2 is 1.67 bits per heavy atom. The molecule has 4 rings (SSSR count). The molecule has 2 N–H and O–H groups in total. The molecule has 0 bridgehead atoms. The van der Waals surface area contributed by atoms with Gasteiger partial charge in [0.25, 0.3) is 10.0 Å². The first-order chi connectivity index (χ1) is 12.9. The van der Waals surface area contributed by atoms with Crippen LogP contribution in [0.4, 0.5) is 5.69 Å². The lowest BCUT2D eigenvalue weighted by Gasteiger charge is -2.12. The Balaban J connectivity index is 1.63. The largest absolute Gasteiger partial charge is 0.481 e. The predicted molar refractivity (Wildman–Crippen MR) is 105 cm³/mol. The molecule has 0 heterocycles. The van der Waals surface area contributed by atoms with Gasteiger partial charge >= 0.3 is 5.97 Å². The minimum absolute atomic E-state index is 0.0189. The Bertz CT molecular complexity index is 1120. The number of hydrogen-bond donors (Lipinski definition) is 2. The van der Waals surface area contributed by atoms with Crippen LogP contribution in [-0.4, -0.2) is 19.5 Å². The maximum Gasteiger partial charge on any atom is 0.303 e. The molecule has 0 saturated heterocycles. The van der Waals surface area contributed by atoms with Crippen molar-refractivity contribution in [2.45, 2.75) is 30.6 Å². The van der Waals surface area contributed by atoms with Gasteiger partial charge in [-0.05, 0) is 59.5 Å². The highest BCUT2D eigenvalue weighted by Crippen LogP contribution is 2.35. The number of carboxylic acid groups (broad SMARTS) is 1. The van der Waals surface area contributed by atoms with E-state index in [1.807, 2.05) is 24.3 Å². The van der Waals surface area contributed by atoms with Crippen molar-refractivity contribution >= 4 is 32.5 Å². The van der Waals surface area contributed by atoms with E-state index in [2.05, 4.69) is 10.8 Å². The fourth-order valence-corrected chi connectivity index (χ4v) is 4.71. The second-order valence-electron chi connectivity index (χ2n) is 6.76. The summed E-state index contributed by atoms with van der Waals surface area (Å²) < 4.78 is 28.3. The van der Waals surface area contributed by atoms with Crippen LogP contribution in [0.15, 0.2) is 59.5 Å². The van der Waals surface area contributed by atoms with Crippen molar-refractivity contribution in [2.24, 2.45) is 0 Å². The van der Waals surface area contributed by atoms with Gasteiger partial charge in [0.05, 0.1) is 10.6 Å². The molecule has 0 amide bonds. The first-order valence-electron chi connectivity index (χ1n) is 8.81. The van der Waals surface area contributed by atoms with Crippen molar-refractivity contribution < 1.29 is 18.3 Å². The van der Waals surface area contributed by atoms with E-state index >= 15 is 0 Å². The van der Waals surface area contributed by atoms with Crippen molar-refractivity contribution in [1.82, 2.24) is 0 Å². The van der Waals surface area contributed by atoms with Crippen LogP contribution in [0.1, 0.15) is 23.1 Å². The van der Waals surface area contributed by atoms with Crippen LogP contribution in [-0.2, 0) is 34.1 Å². The van der Waals surface area contributed by atoms with Crippen molar-refractivity contribution in [3.05, 3.63) is 71.3 Å². The van der Waals surface area contributed by atoms with Crippen LogP contribution in [0.3, 0.4) is 0 Å². The van der Waals surface area contributed by atoms with Gasteiger partial charge in [-0.15, -0.1) is 0 Å². The number of hydrogen-bond acceptors (Lipinski definition) is 3. The van der Waals surface area contributed by atoms with E-state index in [1.54, 1.807) is 12.1 Å². The highest BCUT2D eigenvalue weighted by atomic mass is 32.2. The minimum Gasteiger partial charge on any atom is -0.481 e. The molecular weight excluding hydrogens is 362 g/mol. The quantitative estimate of drug-likeness (QED) is 0.681. The molecule has 0 radical (unpaired) electrons. The summed E-state index contributed by atoms with van der Waals surface area (Å²) in [6.07, 6.45) is 2.37. The zero-order valence-electron chi connectivity index (χ0n) is 14.6. The highest BCUT2D eigenvalue weighted by Gasteiger charge is 2.19. The molecule has 5 nitrogen and oxygen atoms in total. The van der Waals surface area contributed by atoms with Gasteiger partial charge < -0.3 is 5.11 Å². The fourth-order valence-electron chi connectivity index (χ4n) is 3.63. The summed E-state index contributed by atoms with van der Waals surface area (Å²) in [5.74, 6) is -0.875. The molecule has 0 unspecified atom stereocenters. The van der Waals surface area contributed by atoms with E-state index in [9.17, 15) is 13.2 Å². The second kappa shape index (κ2) is 6.70. The number of carbonyl (C=O) groups is 1. The molecule has 0 fully saturated rings. The third-order valence-corrected chi connectivity index (χ3v) is 6.36. The maximum atomic E-state index is 12.8. The number of carboxylic acids is 1. The minimum atomic E-state index is -3.72. The predicted octanol–water partition coefficient (Wildman–Crippen LogP) is 3.76. The summed E-state index contributed by atoms with van der Waals surface area (Å²) in [4.78, 5) is 10.8. The number of anilines is 1. The normalized spacial score (nSPS) is 13.0. The van der Waals surface area contributed by atoms with Crippen LogP contribution < -0.4 is 4.72 Å². The summed E-state index contributed by atoms with van der Waals surface area (Å²) >= 11 is 0. The third kappa shape index (κ3) is 3.40. The first kappa shape index (κ1) is 17.5. The molecule has 0 aliphatic heterocycles. The molecule has 3 aromatic carbocycles. The average molecular weight is 381 g/mol. The molecule has 0 atom stereocenters. The number of aryl methyl sites for hydroxylation is 3. The van der Waals surface area contributed by atoms with Gasteiger partial charge in [0.1, 0.15) is 0 Å². The Labute approximate surface area is 157 Å². The number of rotatable bonds is 6. The standard InChI is InChI=1S/C21H19NO4S/c23-20(24)13-6-14-4-10-17(11-5-14)27(25,26)22-19-12-9-16-8-7-15-2-1-3-18(19)21(15)16/h1-5,9-12,22H,6-8,13H2,(H,23,24). The maximum absolute atomic E-state index is 12.8. The van der Waals surface area contributed by atoms with Crippen molar-refractivity contribution in [2.75, 3.05) is 4.72 Å². The average Bonchev–Trinajstić information content (AvgIpc) is 3.07. The van der Waals surface area contributed by atoms with Gasteiger partial charge in [-0.2, -0.15) is 0 Å². The molecule has 138 valence electrons. The number of sulfonamides is 1. The Morgan fingerprint density at radius 3 is 2.37 bits per heavy atom. The highest BCUT2D eigenvalue weighted by molar-refractivity contribution is 7.92. The molecule has 0 spiro atoms. The summed E-state index contributed by atoms with van der Waals surface area (Å²) in [7, 11) is -3.72. The van der Waals surface area contributed by atoms with E-state index in [0.29, 0.717) is 12.1 Å². The zero-order chi connectivity index (χ0) is 19.0. The second-order valence-corrected chi connectivity index (χ2v) is 8.44. The topological polar surface area (TPSA) is 83.5 Å². The van der Waals surface area contributed by atoms with E-state index < -0.39 is 16.0 Å². The SMILES string of the molecule is O=C(O)CCc1ccc(S(=O)(=O)Nc2ccc3c4c(cccc24)CC3)cc1. The van der Waals surface area contributed by atoms with Crippen LogP contribution in [0.25, 0.3) is 10.8 Å². The first-order valence-corrected chi connectivity index (χ1v) is 10.3. The van der Waals surface area contributed by atoms with Crippen LogP contribution in [0.2, 0.25) is 0 Å². The zero-order valence-corrected chi connectivity index (χ0v) is 15.4. The van der Waals surface area contributed by atoms with E-state index in [0.717, 1.165) is 29.2 Å². The lowest BCUT2D eigenvalue weighted by Crippen LogP contribution is -2.13. The van der Waals surface area contributed by atoms with Crippen LogP contribution >= 0.6 is 0 Å². The Hall–Kier alpha value is -2.86. The van der Waals surface area contributed by atoms with Crippen LogP contribution in [0, 0.1) is 0 Å². The van der Waals surface area contributed by atoms with Crippen molar-refractivity contribution in [3.8, 4) is 0 Å². The molecule has 1 aliphatic carbocycles. The lowest BCUT2D eigenvalue weighted by molar-refractivity contribution is -0.136.